The fraction of sp³-hybridized carbons (Fsp3) is 0. The van der Waals surface area contributed by atoms with E-state index in [-0.39, 0.29) is 0 Å². The van der Waals surface area contributed by atoms with Crippen molar-refractivity contribution < 1.29 is 4.52 Å². The van der Waals surface area contributed by atoms with Crippen molar-refractivity contribution in [2.75, 3.05) is 0 Å². The van der Waals surface area contributed by atoms with Crippen LogP contribution in [-0.4, -0.2) is 10.1 Å². The van der Waals surface area contributed by atoms with Crippen LogP contribution in [0.1, 0.15) is 0 Å². The van der Waals surface area contributed by atoms with Gasteiger partial charge in [-0.15, -0.1) is 11.3 Å². The Bertz CT molecular complexity index is 523. The van der Waals surface area contributed by atoms with Crippen molar-refractivity contribution in [3.63, 3.8) is 0 Å². The van der Waals surface area contributed by atoms with E-state index in [0.29, 0.717) is 0 Å². The maximum Gasteiger partial charge on any atom is 0.146 e. The summed E-state index contributed by atoms with van der Waals surface area (Å²) in [5.74, 6) is 0. The first-order valence-electron chi connectivity index (χ1n) is 4.20. The van der Waals surface area contributed by atoms with E-state index in [4.69, 9.17) is 4.52 Å². The Morgan fingerprint density at radius 3 is 2.86 bits per heavy atom. The minimum atomic E-state index is 0.797. The van der Waals surface area contributed by atoms with Crippen LogP contribution < -0.4 is 0 Å². The van der Waals surface area contributed by atoms with Gasteiger partial charge in [-0.1, -0.05) is 17.3 Å². The Morgan fingerprint density at radius 2 is 2.07 bits per heavy atom. The molecule has 14 heavy (non-hydrogen) atoms. The van der Waals surface area contributed by atoms with E-state index >= 15 is 0 Å². The Balaban J connectivity index is 2.24. The lowest BCUT2D eigenvalue weighted by molar-refractivity contribution is 0.422. The number of benzene rings is 1. The summed E-state index contributed by atoms with van der Waals surface area (Å²) in [5.41, 5.74) is 1.81. The van der Waals surface area contributed by atoms with Gasteiger partial charge in [-0.25, -0.2) is 4.98 Å². The van der Waals surface area contributed by atoms with Gasteiger partial charge in [-0.05, 0) is 12.1 Å². The first-order chi connectivity index (χ1) is 6.93. The van der Waals surface area contributed by atoms with Gasteiger partial charge in [0.2, 0.25) is 0 Å². The van der Waals surface area contributed by atoms with E-state index in [9.17, 15) is 0 Å². The quantitative estimate of drug-likeness (QED) is 0.609. The summed E-state index contributed by atoms with van der Waals surface area (Å²) < 4.78 is 5.95. The molecule has 0 aliphatic rings. The molecule has 0 saturated carbocycles. The van der Waals surface area contributed by atoms with Gasteiger partial charge in [0.05, 0.1) is 10.2 Å². The fourth-order valence-corrected chi connectivity index (χ4v) is 2.23. The summed E-state index contributed by atoms with van der Waals surface area (Å²) in [5, 5.41) is 4.76. The highest BCUT2D eigenvalue weighted by Gasteiger charge is 2.07. The third-order valence-electron chi connectivity index (χ3n) is 1.95. The van der Waals surface area contributed by atoms with Gasteiger partial charge in [0.25, 0.3) is 0 Å². The second-order valence-corrected chi connectivity index (χ2v) is 3.90. The van der Waals surface area contributed by atoms with Crippen LogP contribution in [-0.2, 0) is 0 Å². The summed E-state index contributed by atoms with van der Waals surface area (Å²) >= 11 is 1.62. The molecule has 0 aliphatic heterocycles. The number of fused-ring (bicyclic) bond motifs is 1. The predicted octanol–water partition coefficient (Wildman–Crippen LogP) is 2.95. The van der Waals surface area contributed by atoms with E-state index in [1.807, 2.05) is 24.3 Å². The normalized spacial score (nSPS) is 10.9. The first kappa shape index (κ1) is 7.70. The molecule has 0 unspecified atom stereocenters. The van der Waals surface area contributed by atoms with Gasteiger partial charge in [-0.3, -0.25) is 0 Å². The summed E-state index contributed by atoms with van der Waals surface area (Å²) in [4.78, 5) is 4.45. The molecule has 0 amide bonds. The molecule has 0 aliphatic carbocycles. The number of hydrogen-bond donors (Lipinski definition) is 0. The van der Waals surface area contributed by atoms with Gasteiger partial charge in [-0.2, -0.15) is 0 Å². The molecule has 0 radical (unpaired) electrons. The van der Waals surface area contributed by atoms with Crippen LogP contribution in [0.4, 0.5) is 0 Å². The number of aromatic nitrogens is 2. The first-order valence-corrected chi connectivity index (χ1v) is 5.01. The zero-order valence-electron chi connectivity index (χ0n) is 7.18. The third kappa shape index (κ3) is 1.12. The number of hydrogen-bond acceptors (Lipinski definition) is 4. The Morgan fingerprint density at radius 1 is 1.14 bits per heavy atom. The zero-order chi connectivity index (χ0) is 9.38. The molecule has 0 bridgehead atoms. The second kappa shape index (κ2) is 2.92. The standard InChI is InChI=1S/C10H6N2OS/c1-2-4-9-7(3-1)11-10(14-9)8-5-6-13-12-8/h1-6H. The molecule has 0 fully saturated rings. The fourth-order valence-electron chi connectivity index (χ4n) is 1.30. The van der Waals surface area contributed by atoms with Gasteiger partial charge >= 0.3 is 0 Å². The van der Waals surface area contributed by atoms with Crippen LogP contribution in [0.3, 0.4) is 0 Å². The monoisotopic (exact) mass is 202 g/mol. The summed E-state index contributed by atoms with van der Waals surface area (Å²) in [6.07, 6.45) is 1.56. The lowest BCUT2D eigenvalue weighted by Crippen LogP contribution is -1.72. The summed E-state index contributed by atoms with van der Waals surface area (Å²) in [6.45, 7) is 0. The van der Waals surface area contributed by atoms with E-state index in [1.54, 1.807) is 17.6 Å². The van der Waals surface area contributed by atoms with Crippen LogP contribution in [0.5, 0.6) is 0 Å². The van der Waals surface area contributed by atoms with Crippen molar-refractivity contribution in [3.8, 4) is 10.7 Å². The van der Waals surface area contributed by atoms with Crippen molar-refractivity contribution >= 4 is 21.6 Å². The molecule has 3 rings (SSSR count). The molecule has 3 aromatic rings. The zero-order valence-corrected chi connectivity index (χ0v) is 7.99. The van der Waals surface area contributed by atoms with Crippen molar-refractivity contribution in [2.45, 2.75) is 0 Å². The number of thiazole rings is 1. The lowest BCUT2D eigenvalue weighted by Gasteiger charge is -1.81. The molecule has 0 atom stereocenters. The van der Waals surface area contributed by atoms with Crippen molar-refractivity contribution in [2.24, 2.45) is 0 Å². The predicted molar refractivity (Wildman–Crippen MR) is 55.1 cm³/mol. The molecular formula is C10H6N2OS. The molecule has 2 aromatic heterocycles. The molecule has 0 saturated heterocycles. The average molecular weight is 202 g/mol. The SMILES string of the molecule is c1ccc2sc(-c3ccon3)nc2c1. The average Bonchev–Trinajstić information content (AvgIpc) is 2.86. The molecule has 4 heteroatoms. The minimum Gasteiger partial charge on any atom is -0.364 e. The second-order valence-electron chi connectivity index (χ2n) is 2.87. The largest absolute Gasteiger partial charge is 0.364 e. The van der Waals surface area contributed by atoms with Crippen molar-refractivity contribution in [1.82, 2.24) is 10.1 Å². The third-order valence-corrected chi connectivity index (χ3v) is 3.01. The maximum atomic E-state index is 4.78. The number of nitrogens with zero attached hydrogens (tertiary/aromatic N) is 2. The lowest BCUT2D eigenvalue weighted by atomic mass is 10.3. The highest BCUT2D eigenvalue weighted by atomic mass is 32.1. The molecular weight excluding hydrogens is 196 g/mol. The Labute approximate surface area is 84.0 Å². The highest BCUT2D eigenvalue weighted by molar-refractivity contribution is 7.21. The maximum absolute atomic E-state index is 4.78. The molecule has 2 heterocycles. The van der Waals surface area contributed by atoms with Gasteiger partial charge in [0.1, 0.15) is 17.0 Å². The van der Waals surface area contributed by atoms with E-state index in [2.05, 4.69) is 16.2 Å². The van der Waals surface area contributed by atoms with Crippen molar-refractivity contribution in [1.29, 1.82) is 0 Å². The van der Waals surface area contributed by atoms with Crippen LogP contribution in [0.25, 0.3) is 20.9 Å². The topological polar surface area (TPSA) is 38.9 Å². The highest BCUT2D eigenvalue weighted by Crippen LogP contribution is 2.28. The molecule has 68 valence electrons. The van der Waals surface area contributed by atoms with Crippen LogP contribution in [0, 0.1) is 0 Å². The summed E-state index contributed by atoms with van der Waals surface area (Å²) in [6, 6.07) is 9.85. The Kier molecular flexibility index (Phi) is 1.61. The van der Waals surface area contributed by atoms with Gasteiger partial charge in [0, 0.05) is 6.07 Å². The smallest absolute Gasteiger partial charge is 0.146 e. The van der Waals surface area contributed by atoms with Crippen molar-refractivity contribution in [3.05, 3.63) is 36.6 Å². The van der Waals surface area contributed by atoms with E-state index in [0.717, 1.165) is 16.2 Å². The van der Waals surface area contributed by atoms with Gasteiger partial charge < -0.3 is 4.52 Å². The summed E-state index contributed by atoms with van der Waals surface area (Å²) in [7, 11) is 0. The minimum absolute atomic E-state index is 0.797. The van der Waals surface area contributed by atoms with Crippen LogP contribution in [0.15, 0.2) is 41.1 Å². The molecule has 3 nitrogen and oxygen atoms in total. The molecule has 0 N–H and O–H groups in total. The number of rotatable bonds is 1. The van der Waals surface area contributed by atoms with Crippen LogP contribution in [0.2, 0.25) is 0 Å². The van der Waals surface area contributed by atoms with E-state index < -0.39 is 0 Å². The van der Waals surface area contributed by atoms with Crippen LogP contribution >= 0.6 is 11.3 Å². The van der Waals surface area contributed by atoms with Gasteiger partial charge in [0.15, 0.2) is 0 Å². The Hall–Kier alpha value is -1.68. The number of para-hydroxylation sites is 1. The molecule has 0 spiro atoms. The molecule has 1 aromatic carbocycles. The van der Waals surface area contributed by atoms with E-state index in [1.165, 1.54) is 4.70 Å².